The monoisotopic (exact) mass is 400 g/mol. The number of carbonyl (C=O) groups excluding carboxylic acids is 1. The molecular weight excluding hydrogens is 376 g/mol. The fourth-order valence-electron chi connectivity index (χ4n) is 3.70. The molecule has 0 spiro atoms. The van der Waals surface area contributed by atoms with Gasteiger partial charge in [-0.1, -0.05) is 54.6 Å². The van der Waals surface area contributed by atoms with Crippen LogP contribution in [0.1, 0.15) is 27.0 Å². The summed E-state index contributed by atoms with van der Waals surface area (Å²) >= 11 is 0. The van der Waals surface area contributed by atoms with Crippen LogP contribution in [0.15, 0.2) is 71.7 Å². The molecule has 1 amide bonds. The predicted octanol–water partition coefficient (Wildman–Crippen LogP) is 4.80. The van der Waals surface area contributed by atoms with Crippen LogP contribution >= 0.6 is 0 Å². The second kappa shape index (κ2) is 8.82. The van der Waals surface area contributed by atoms with E-state index in [0.717, 1.165) is 12.0 Å². The van der Waals surface area contributed by atoms with Crippen LogP contribution in [0.2, 0.25) is 0 Å². The highest BCUT2D eigenvalue weighted by atomic mass is 16.5. The fourth-order valence-corrected chi connectivity index (χ4v) is 3.70. The predicted molar refractivity (Wildman–Crippen MR) is 118 cm³/mol. The van der Waals surface area contributed by atoms with E-state index < -0.39 is 0 Å². The number of amides is 1. The summed E-state index contributed by atoms with van der Waals surface area (Å²) in [5.74, 6) is 0.947. The van der Waals surface area contributed by atoms with Gasteiger partial charge in [0.15, 0.2) is 11.5 Å². The van der Waals surface area contributed by atoms with Crippen LogP contribution in [0.3, 0.4) is 0 Å². The van der Waals surface area contributed by atoms with Gasteiger partial charge in [0.25, 0.3) is 5.91 Å². The first-order valence-electron chi connectivity index (χ1n) is 9.91. The van der Waals surface area contributed by atoms with Crippen LogP contribution < -0.4 is 9.47 Å². The van der Waals surface area contributed by atoms with Gasteiger partial charge in [0.2, 0.25) is 0 Å². The van der Waals surface area contributed by atoms with Crippen molar-refractivity contribution in [3.8, 4) is 11.5 Å². The van der Waals surface area contributed by atoms with Gasteiger partial charge in [0.05, 0.1) is 18.4 Å². The van der Waals surface area contributed by atoms with Crippen molar-refractivity contribution in [1.29, 1.82) is 0 Å². The highest BCUT2D eigenvalue weighted by Gasteiger charge is 2.25. The first-order valence-corrected chi connectivity index (χ1v) is 9.91. The van der Waals surface area contributed by atoms with Crippen molar-refractivity contribution in [2.45, 2.75) is 19.6 Å². The molecule has 152 valence electrons. The number of ether oxygens (including phenoxy) is 2. The molecule has 1 heterocycles. The normalized spacial score (nSPS) is 12.8. The Morgan fingerprint density at radius 1 is 1.03 bits per heavy atom. The molecule has 0 aliphatic carbocycles. The van der Waals surface area contributed by atoms with E-state index in [2.05, 4.69) is 23.8 Å². The lowest BCUT2D eigenvalue weighted by Crippen LogP contribution is -2.36. The molecule has 1 aliphatic rings. The van der Waals surface area contributed by atoms with E-state index in [0.29, 0.717) is 42.4 Å². The van der Waals surface area contributed by atoms with Gasteiger partial charge in [-0.15, -0.1) is 0 Å². The maximum atomic E-state index is 13.3. The van der Waals surface area contributed by atoms with Crippen molar-refractivity contribution in [3.63, 3.8) is 0 Å². The molecule has 0 saturated heterocycles. The lowest BCUT2D eigenvalue weighted by Gasteiger charge is -2.29. The number of aliphatic imine (C=N–C) groups is 1. The SMILES string of the molecule is C=Nc1cc(OCc2ccccc2)c(OC)cc1C(=O)N1CCc2ccccc2C1. The van der Waals surface area contributed by atoms with Crippen molar-refractivity contribution in [2.24, 2.45) is 4.99 Å². The van der Waals surface area contributed by atoms with Crippen LogP contribution in [0.5, 0.6) is 11.5 Å². The Hall–Kier alpha value is -3.60. The highest BCUT2D eigenvalue weighted by Crippen LogP contribution is 2.36. The number of hydrogen-bond donors (Lipinski definition) is 0. The molecule has 0 radical (unpaired) electrons. The number of hydrogen-bond acceptors (Lipinski definition) is 4. The minimum Gasteiger partial charge on any atom is -0.493 e. The second-order valence-electron chi connectivity index (χ2n) is 7.20. The van der Waals surface area contributed by atoms with Crippen LogP contribution in [0.4, 0.5) is 5.69 Å². The third kappa shape index (κ3) is 4.06. The summed E-state index contributed by atoms with van der Waals surface area (Å²) in [5.41, 5.74) is 4.47. The van der Waals surface area contributed by atoms with E-state index >= 15 is 0 Å². The molecule has 0 saturated carbocycles. The van der Waals surface area contributed by atoms with Crippen LogP contribution in [-0.4, -0.2) is 31.2 Å². The molecule has 1 aliphatic heterocycles. The fraction of sp³-hybridized carbons (Fsp3) is 0.200. The third-order valence-corrected chi connectivity index (χ3v) is 5.34. The minimum absolute atomic E-state index is 0.0835. The summed E-state index contributed by atoms with van der Waals surface area (Å²) in [6.45, 7) is 5.30. The minimum atomic E-state index is -0.0835. The van der Waals surface area contributed by atoms with Crippen molar-refractivity contribution >= 4 is 18.3 Å². The van der Waals surface area contributed by atoms with Gasteiger partial charge >= 0.3 is 0 Å². The molecule has 30 heavy (non-hydrogen) atoms. The Morgan fingerprint density at radius 3 is 2.50 bits per heavy atom. The number of nitrogens with zero attached hydrogens (tertiary/aromatic N) is 2. The Bertz CT molecular complexity index is 1060. The summed E-state index contributed by atoms with van der Waals surface area (Å²) in [6, 6.07) is 21.5. The van der Waals surface area contributed by atoms with E-state index in [-0.39, 0.29) is 5.91 Å². The van der Waals surface area contributed by atoms with Crippen LogP contribution in [0.25, 0.3) is 0 Å². The van der Waals surface area contributed by atoms with Gasteiger partial charge in [0.1, 0.15) is 6.61 Å². The van der Waals surface area contributed by atoms with Gasteiger partial charge in [-0.2, -0.15) is 0 Å². The second-order valence-corrected chi connectivity index (χ2v) is 7.20. The molecule has 4 rings (SSSR count). The highest BCUT2D eigenvalue weighted by molar-refractivity contribution is 6.00. The quantitative estimate of drug-likeness (QED) is 0.558. The van der Waals surface area contributed by atoms with E-state index in [1.54, 1.807) is 19.2 Å². The molecule has 5 heteroatoms. The molecule has 0 aromatic heterocycles. The maximum Gasteiger partial charge on any atom is 0.256 e. The van der Waals surface area contributed by atoms with E-state index in [4.69, 9.17) is 9.47 Å². The molecule has 3 aromatic rings. The summed E-state index contributed by atoms with van der Waals surface area (Å²) in [4.78, 5) is 19.2. The Labute approximate surface area is 176 Å². The van der Waals surface area contributed by atoms with E-state index in [1.165, 1.54) is 11.1 Å². The lowest BCUT2D eigenvalue weighted by molar-refractivity contribution is 0.0735. The zero-order chi connectivity index (χ0) is 20.9. The Morgan fingerprint density at radius 2 is 1.77 bits per heavy atom. The van der Waals surface area contributed by atoms with E-state index in [9.17, 15) is 4.79 Å². The third-order valence-electron chi connectivity index (χ3n) is 5.34. The zero-order valence-corrected chi connectivity index (χ0v) is 17.0. The summed E-state index contributed by atoms with van der Waals surface area (Å²) in [7, 11) is 1.57. The number of carbonyl (C=O) groups is 1. The number of benzene rings is 3. The van der Waals surface area contributed by atoms with Crippen molar-refractivity contribution in [3.05, 3.63) is 89.0 Å². The summed E-state index contributed by atoms with van der Waals surface area (Å²) in [6.07, 6.45) is 0.841. The molecule has 0 N–H and O–H groups in total. The number of methoxy groups -OCH3 is 1. The van der Waals surface area contributed by atoms with Crippen molar-refractivity contribution in [2.75, 3.05) is 13.7 Å². The molecule has 0 unspecified atom stereocenters. The van der Waals surface area contributed by atoms with Gasteiger partial charge in [-0.05, 0) is 35.9 Å². The lowest BCUT2D eigenvalue weighted by atomic mass is 9.99. The molecule has 3 aromatic carbocycles. The van der Waals surface area contributed by atoms with Crippen molar-refractivity contribution < 1.29 is 14.3 Å². The summed E-state index contributed by atoms with van der Waals surface area (Å²) < 4.78 is 11.5. The Balaban J connectivity index is 1.58. The number of fused-ring (bicyclic) bond motifs is 1. The molecule has 0 atom stereocenters. The van der Waals surface area contributed by atoms with Gasteiger partial charge < -0.3 is 14.4 Å². The van der Waals surface area contributed by atoms with Crippen molar-refractivity contribution in [1.82, 2.24) is 4.90 Å². The average Bonchev–Trinajstić information content (AvgIpc) is 2.82. The van der Waals surface area contributed by atoms with Crippen LogP contribution in [0, 0.1) is 0 Å². The zero-order valence-electron chi connectivity index (χ0n) is 17.0. The average molecular weight is 400 g/mol. The number of rotatable bonds is 6. The van der Waals surface area contributed by atoms with Gasteiger partial charge in [-0.3, -0.25) is 9.79 Å². The molecule has 0 bridgehead atoms. The molecule has 5 nitrogen and oxygen atoms in total. The Kier molecular flexibility index (Phi) is 5.80. The summed E-state index contributed by atoms with van der Waals surface area (Å²) in [5, 5.41) is 0. The molecule has 0 fully saturated rings. The van der Waals surface area contributed by atoms with Crippen LogP contribution in [-0.2, 0) is 19.6 Å². The first-order chi connectivity index (χ1) is 14.7. The first kappa shape index (κ1) is 19.7. The maximum absolute atomic E-state index is 13.3. The molecular formula is C25H24N2O3. The van der Waals surface area contributed by atoms with Gasteiger partial charge in [-0.25, -0.2) is 0 Å². The van der Waals surface area contributed by atoms with Gasteiger partial charge in [0, 0.05) is 19.2 Å². The largest absolute Gasteiger partial charge is 0.493 e. The standard InChI is InChI=1S/C25H24N2O3/c1-26-22-15-24(30-17-18-8-4-3-5-9-18)23(29-2)14-21(22)25(28)27-13-12-19-10-6-7-11-20(19)16-27/h3-11,14-15H,1,12-13,16-17H2,2H3. The topological polar surface area (TPSA) is 51.1 Å². The smallest absolute Gasteiger partial charge is 0.256 e. The van der Waals surface area contributed by atoms with E-state index in [1.807, 2.05) is 47.4 Å².